The Morgan fingerprint density at radius 1 is 0.964 bits per heavy atom. The molecule has 1 aromatic rings. The summed E-state index contributed by atoms with van der Waals surface area (Å²) < 4.78 is 11.1. The Morgan fingerprint density at radius 3 is 2.14 bits per heavy atom. The van der Waals surface area contributed by atoms with Gasteiger partial charge in [0.25, 0.3) is 0 Å². The molecule has 0 saturated heterocycles. The van der Waals surface area contributed by atoms with Gasteiger partial charge in [-0.15, -0.1) is 0 Å². The summed E-state index contributed by atoms with van der Waals surface area (Å²) in [4.78, 5) is 12.3. The highest BCUT2D eigenvalue weighted by Gasteiger charge is 2.22. The van der Waals surface area contributed by atoms with Gasteiger partial charge in [-0.05, 0) is 44.2 Å². The lowest BCUT2D eigenvalue weighted by molar-refractivity contribution is -0.148. The van der Waals surface area contributed by atoms with Crippen molar-refractivity contribution in [1.82, 2.24) is 0 Å². The van der Waals surface area contributed by atoms with Crippen molar-refractivity contribution in [2.75, 3.05) is 6.61 Å². The molecule has 1 unspecified atom stereocenters. The minimum Gasteiger partial charge on any atom is -0.474 e. The fourth-order valence-corrected chi connectivity index (χ4v) is 4.65. The third-order valence-electron chi connectivity index (χ3n) is 5.44. The predicted octanol–water partition coefficient (Wildman–Crippen LogP) is 6.86. The zero-order valence-electron chi connectivity index (χ0n) is 19.1. The van der Waals surface area contributed by atoms with Gasteiger partial charge in [-0.2, -0.15) is 0 Å². The number of hydrogen-bond acceptors (Lipinski definition) is 3. The largest absolute Gasteiger partial charge is 0.474 e. The monoisotopic (exact) mass is 408 g/mol. The van der Waals surface area contributed by atoms with Crippen molar-refractivity contribution in [2.24, 2.45) is 5.92 Å². The van der Waals surface area contributed by atoms with Crippen LogP contribution in [0.2, 0.25) is 19.6 Å². The molecule has 0 aliphatic rings. The van der Waals surface area contributed by atoms with Gasteiger partial charge in [-0.1, -0.05) is 77.9 Å². The first-order valence-electron chi connectivity index (χ1n) is 11.6. The Balaban J connectivity index is 2.33. The molecule has 4 heteroatoms. The summed E-state index contributed by atoms with van der Waals surface area (Å²) in [7, 11) is -1.38. The minimum absolute atomic E-state index is 0.000396. The molecule has 1 heterocycles. The molecular weight excluding hydrogens is 364 g/mol. The molecule has 162 valence electrons. The molecule has 0 radical (unpaired) electrons. The van der Waals surface area contributed by atoms with Crippen LogP contribution in [-0.2, 0) is 16.0 Å². The molecule has 0 amide bonds. The predicted molar refractivity (Wildman–Crippen MR) is 122 cm³/mol. The summed E-state index contributed by atoms with van der Waals surface area (Å²) in [6.07, 6.45) is 16.2. The van der Waals surface area contributed by atoms with Gasteiger partial charge in [-0.3, -0.25) is 4.79 Å². The summed E-state index contributed by atoms with van der Waals surface area (Å²) >= 11 is 0. The van der Waals surface area contributed by atoms with Gasteiger partial charge < -0.3 is 9.15 Å². The molecular formula is C24H44O3Si. The molecule has 0 N–H and O–H groups in total. The topological polar surface area (TPSA) is 39.4 Å². The summed E-state index contributed by atoms with van der Waals surface area (Å²) in [5.74, 6) is 0.0591. The first-order valence-corrected chi connectivity index (χ1v) is 15.1. The Hall–Kier alpha value is -1.03. The average Bonchev–Trinajstić information content (AvgIpc) is 3.12. The molecule has 0 aliphatic heterocycles. The zero-order valence-corrected chi connectivity index (χ0v) is 20.1. The number of ether oxygens (including phenoxy) is 1. The normalized spacial score (nSPS) is 12.9. The van der Waals surface area contributed by atoms with Crippen LogP contribution < -0.4 is 5.38 Å². The minimum atomic E-state index is -1.38. The second-order valence-corrected chi connectivity index (χ2v) is 14.2. The van der Waals surface area contributed by atoms with Crippen LogP contribution in [0, 0.1) is 5.92 Å². The molecule has 1 rings (SSSR count). The van der Waals surface area contributed by atoms with E-state index >= 15 is 0 Å². The van der Waals surface area contributed by atoms with E-state index in [1.807, 2.05) is 13.2 Å². The number of esters is 1. The van der Waals surface area contributed by atoms with E-state index in [2.05, 4.69) is 32.6 Å². The molecule has 1 atom stereocenters. The third kappa shape index (κ3) is 10.5. The highest BCUT2D eigenvalue weighted by atomic mass is 28.3. The second-order valence-electron chi connectivity index (χ2n) is 9.17. The van der Waals surface area contributed by atoms with Crippen LogP contribution >= 0.6 is 0 Å². The van der Waals surface area contributed by atoms with Gasteiger partial charge in [0.2, 0.25) is 0 Å². The van der Waals surface area contributed by atoms with E-state index < -0.39 is 8.07 Å². The highest BCUT2D eigenvalue weighted by Crippen LogP contribution is 2.20. The summed E-state index contributed by atoms with van der Waals surface area (Å²) in [6, 6.07) is 2.23. The average molecular weight is 409 g/mol. The second kappa shape index (κ2) is 14.0. The van der Waals surface area contributed by atoms with Crippen LogP contribution in [0.25, 0.3) is 0 Å². The molecule has 3 nitrogen and oxygen atoms in total. The van der Waals surface area contributed by atoms with Crippen molar-refractivity contribution < 1.29 is 13.9 Å². The molecule has 0 bridgehead atoms. The van der Waals surface area contributed by atoms with Crippen molar-refractivity contribution in [1.29, 1.82) is 0 Å². The molecule has 0 aromatic carbocycles. The van der Waals surface area contributed by atoms with Gasteiger partial charge in [0.15, 0.2) is 0 Å². The van der Waals surface area contributed by atoms with E-state index in [1.54, 1.807) is 0 Å². The van der Waals surface area contributed by atoms with Crippen molar-refractivity contribution >= 4 is 19.4 Å². The van der Waals surface area contributed by atoms with Crippen LogP contribution in [0.5, 0.6) is 0 Å². The van der Waals surface area contributed by atoms with Crippen LogP contribution in [0.4, 0.5) is 0 Å². The fraction of sp³-hybridized carbons (Fsp3) is 0.792. The summed E-state index contributed by atoms with van der Waals surface area (Å²) in [6.45, 7) is 11.5. The Labute approximate surface area is 174 Å². The number of unbranched alkanes of at least 4 members (excludes halogenated alkanes) is 7. The Morgan fingerprint density at radius 2 is 1.57 bits per heavy atom. The number of hydrogen-bond donors (Lipinski definition) is 0. The Kier molecular flexibility index (Phi) is 12.5. The maximum Gasteiger partial charge on any atom is 0.308 e. The van der Waals surface area contributed by atoms with Crippen molar-refractivity contribution in [3.63, 3.8) is 0 Å². The molecule has 1 aromatic heterocycles. The van der Waals surface area contributed by atoms with Gasteiger partial charge in [0, 0.05) is 0 Å². The first kappa shape index (κ1) is 25.0. The van der Waals surface area contributed by atoms with Crippen LogP contribution in [0.1, 0.15) is 90.0 Å². The van der Waals surface area contributed by atoms with Crippen molar-refractivity contribution in [3.8, 4) is 0 Å². The van der Waals surface area contributed by atoms with Crippen molar-refractivity contribution in [3.05, 3.63) is 17.9 Å². The first-order chi connectivity index (χ1) is 13.4. The lowest BCUT2D eigenvalue weighted by atomic mass is 9.94. The number of carbonyl (C=O) groups excluding carboxylic acids is 1. The van der Waals surface area contributed by atoms with E-state index in [4.69, 9.17) is 9.15 Å². The van der Waals surface area contributed by atoms with Crippen molar-refractivity contribution in [2.45, 2.75) is 111 Å². The van der Waals surface area contributed by atoms with Crippen LogP contribution in [-0.4, -0.2) is 20.7 Å². The van der Waals surface area contributed by atoms with Gasteiger partial charge >= 0.3 is 5.97 Å². The molecule has 28 heavy (non-hydrogen) atoms. The van der Waals surface area contributed by atoms with E-state index in [0.29, 0.717) is 6.61 Å². The third-order valence-corrected chi connectivity index (χ3v) is 7.18. The van der Waals surface area contributed by atoms with Gasteiger partial charge in [0.05, 0.1) is 24.2 Å². The Bertz CT molecular complexity index is 530. The number of furan rings is 1. The zero-order chi connectivity index (χ0) is 20.8. The van der Waals surface area contributed by atoms with E-state index in [1.165, 1.54) is 55.9 Å². The molecule has 0 spiro atoms. The van der Waals surface area contributed by atoms with Crippen LogP contribution in [0.3, 0.4) is 0 Å². The SMILES string of the molecule is CCCCCCCCCCC(CCCc1coc([Si](C)(C)C)c1)C(=O)OCC. The molecule has 0 saturated carbocycles. The molecule has 0 fully saturated rings. The lowest BCUT2D eigenvalue weighted by Gasteiger charge is -2.15. The van der Waals surface area contributed by atoms with E-state index in [0.717, 1.165) is 32.1 Å². The number of carbonyl (C=O) groups is 1. The standard InChI is InChI=1S/C24H44O3Si/c1-6-8-9-10-11-12-13-14-17-22(24(25)26-7-2)18-15-16-21-19-23(27-20-21)28(3,4)5/h19-20,22H,6-18H2,1-5H3. The quantitative estimate of drug-likeness (QED) is 0.170. The summed E-state index contributed by atoms with van der Waals surface area (Å²) in [5, 5.41) is 1.17. The maximum atomic E-state index is 12.3. The molecule has 0 aliphatic carbocycles. The van der Waals surface area contributed by atoms with Gasteiger partial charge in [-0.25, -0.2) is 0 Å². The summed E-state index contributed by atoms with van der Waals surface area (Å²) in [5.41, 5.74) is 1.27. The fourth-order valence-electron chi connectivity index (χ4n) is 3.62. The number of rotatable bonds is 16. The van der Waals surface area contributed by atoms with Gasteiger partial charge in [0.1, 0.15) is 8.07 Å². The van der Waals surface area contributed by atoms with E-state index in [9.17, 15) is 4.79 Å². The van der Waals surface area contributed by atoms with Crippen LogP contribution in [0.15, 0.2) is 16.7 Å². The highest BCUT2D eigenvalue weighted by molar-refractivity contribution is 6.87. The van der Waals surface area contributed by atoms with E-state index in [-0.39, 0.29) is 11.9 Å². The maximum absolute atomic E-state index is 12.3. The smallest absolute Gasteiger partial charge is 0.308 e. The lowest BCUT2D eigenvalue weighted by Crippen LogP contribution is -2.36. The number of aryl methyl sites for hydroxylation is 1.